The molecule has 1 aliphatic heterocycles. The maximum Gasteiger partial charge on any atom is 0.407 e. The van der Waals surface area contributed by atoms with E-state index in [9.17, 15) is 9.59 Å². The zero-order chi connectivity index (χ0) is 19.3. The lowest BCUT2D eigenvalue weighted by Crippen LogP contribution is -2.53. The Morgan fingerprint density at radius 3 is 2.54 bits per heavy atom. The summed E-state index contributed by atoms with van der Waals surface area (Å²) in [5, 5.41) is 5.97. The van der Waals surface area contributed by atoms with Crippen LogP contribution in [0.1, 0.15) is 43.4 Å². The molecule has 1 fully saturated rings. The number of carbonyl (C=O) groups is 2. The van der Waals surface area contributed by atoms with Gasteiger partial charge in [0, 0.05) is 18.3 Å². The Morgan fingerprint density at radius 2 is 1.92 bits per heavy atom. The molecule has 1 aliphatic rings. The predicted octanol–water partition coefficient (Wildman–Crippen LogP) is 3.15. The second-order valence-electron chi connectivity index (χ2n) is 7.14. The average Bonchev–Trinajstić information content (AvgIpc) is 2.57. The molecule has 0 radical (unpaired) electrons. The second kappa shape index (κ2) is 9.03. The van der Waals surface area contributed by atoms with Crippen molar-refractivity contribution in [3.8, 4) is 0 Å². The SMILES string of the molecule is CCOC(=O)NC1CCCN(C(C)C(=O)Nc2c(C)cc(C)cc2C)C1. The van der Waals surface area contributed by atoms with E-state index in [1.807, 2.05) is 20.8 Å². The molecule has 1 saturated heterocycles. The molecule has 2 N–H and O–H groups in total. The lowest BCUT2D eigenvalue weighted by Gasteiger charge is -2.36. The summed E-state index contributed by atoms with van der Waals surface area (Å²) in [5.41, 5.74) is 4.23. The Hall–Kier alpha value is -2.08. The van der Waals surface area contributed by atoms with Crippen molar-refractivity contribution in [1.82, 2.24) is 10.2 Å². The Balaban J connectivity index is 1.98. The molecule has 2 atom stereocenters. The van der Waals surface area contributed by atoms with Crippen molar-refractivity contribution in [2.24, 2.45) is 0 Å². The smallest absolute Gasteiger partial charge is 0.407 e. The molecule has 0 spiro atoms. The van der Waals surface area contributed by atoms with Crippen LogP contribution in [0.25, 0.3) is 0 Å². The monoisotopic (exact) mass is 361 g/mol. The molecule has 144 valence electrons. The van der Waals surface area contributed by atoms with Crippen molar-refractivity contribution < 1.29 is 14.3 Å². The Morgan fingerprint density at radius 1 is 1.27 bits per heavy atom. The van der Waals surface area contributed by atoms with Gasteiger partial charge in [-0.15, -0.1) is 0 Å². The first-order chi connectivity index (χ1) is 12.3. The highest BCUT2D eigenvalue weighted by Gasteiger charge is 2.28. The number of hydrogen-bond acceptors (Lipinski definition) is 4. The van der Waals surface area contributed by atoms with Gasteiger partial charge < -0.3 is 15.4 Å². The van der Waals surface area contributed by atoms with E-state index in [2.05, 4.69) is 34.6 Å². The van der Waals surface area contributed by atoms with Crippen LogP contribution in [0, 0.1) is 20.8 Å². The van der Waals surface area contributed by atoms with Crippen LogP contribution in [0.4, 0.5) is 10.5 Å². The summed E-state index contributed by atoms with van der Waals surface area (Å²) < 4.78 is 4.95. The molecular formula is C20H31N3O3. The summed E-state index contributed by atoms with van der Waals surface area (Å²) in [6.07, 6.45) is 1.46. The summed E-state index contributed by atoms with van der Waals surface area (Å²) in [4.78, 5) is 26.5. The number of hydrogen-bond donors (Lipinski definition) is 2. The molecule has 1 aromatic carbocycles. The molecule has 0 aromatic heterocycles. The Bertz CT molecular complexity index is 637. The first-order valence-corrected chi connectivity index (χ1v) is 9.37. The zero-order valence-electron chi connectivity index (χ0n) is 16.5. The third-order valence-corrected chi connectivity index (χ3v) is 4.90. The van der Waals surface area contributed by atoms with E-state index in [1.54, 1.807) is 6.92 Å². The zero-order valence-corrected chi connectivity index (χ0v) is 16.5. The Labute approximate surface area is 156 Å². The van der Waals surface area contributed by atoms with E-state index in [1.165, 1.54) is 5.56 Å². The van der Waals surface area contributed by atoms with Gasteiger partial charge in [-0.3, -0.25) is 9.69 Å². The summed E-state index contributed by atoms with van der Waals surface area (Å²) in [5.74, 6) is -0.0168. The van der Waals surface area contributed by atoms with Gasteiger partial charge in [0.2, 0.25) is 5.91 Å². The first kappa shape index (κ1) is 20.2. The molecule has 1 heterocycles. The largest absolute Gasteiger partial charge is 0.450 e. The minimum atomic E-state index is -0.387. The average molecular weight is 361 g/mol. The summed E-state index contributed by atoms with van der Waals surface area (Å²) in [6.45, 7) is 11.6. The highest BCUT2D eigenvalue weighted by Crippen LogP contribution is 2.23. The minimum absolute atomic E-state index is 0.0147. The standard InChI is InChI=1S/C20H31N3O3/c1-6-26-20(25)21-17-8-7-9-23(12-17)16(5)19(24)22-18-14(3)10-13(2)11-15(18)4/h10-11,16-17H,6-9,12H2,1-5H3,(H,21,25)(H,22,24). The molecule has 0 aliphatic carbocycles. The maximum atomic E-state index is 12.8. The van der Waals surface area contributed by atoms with Crippen LogP contribution >= 0.6 is 0 Å². The molecule has 1 aromatic rings. The molecule has 2 rings (SSSR count). The highest BCUT2D eigenvalue weighted by atomic mass is 16.5. The van der Waals surface area contributed by atoms with E-state index in [0.717, 1.165) is 36.2 Å². The fraction of sp³-hybridized carbons (Fsp3) is 0.600. The van der Waals surface area contributed by atoms with Gasteiger partial charge in [0.15, 0.2) is 0 Å². The normalized spacial score (nSPS) is 18.9. The van der Waals surface area contributed by atoms with Crippen molar-refractivity contribution in [2.45, 2.75) is 59.5 Å². The Kier molecular flexibility index (Phi) is 7.03. The summed E-state index contributed by atoms with van der Waals surface area (Å²) >= 11 is 0. The topological polar surface area (TPSA) is 70.7 Å². The molecule has 2 unspecified atom stereocenters. The fourth-order valence-corrected chi connectivity index (χ4v) is 3.59. The maximum absolute atomic E-state index is 12.8. The number of rotatable bonds is 5. The third-order valence-electron chi connectivity index (χ3n) is 4.90. The number of benzene rings is 1. The van der Waals surface area contributed by atoms with Crippen LogP contribution < -0.4 is 10.6 Å². The molecule has 2 amide bonds. The predicted molar refractivity (Wildman–Crippen MR) is 103 cm³/mol. The quantitative estimate of drug-likeness (QED) is 0.845. The highest BCUT2D eigenvalue weighted by molar-refractivity contribution is 5.96. The number of amides is 2. The number of piperidine rings is 1. The molecule has 26 heavy (non-hydrogen) atoms. The van der Waals surface area contributed by atoms with Crippen molar-refractivity contribution in [3.63, 3.8) is 0 Å². The van der Waals surface area contributed by atoms with E-state index in [4.69, 9.17) is 4.74 Å². The first-order valence-electron chi connectivity index (χ1n) is 9.37. The van der Waals surface area contributed by atoms with Gasteiger partial charge in [-0.05, 0) is 65.1 Å². The van der Waals surface area contributed by atoms with Gasteiger partial charge in [-0.25, -0.2) is 4.79 Å². The van der Waals surface area contributed by atoms with Crippen LogP contribution in [0.15, 0.2) is 12.1 Å². The summed E-state index contributed by atoms with van der Waals surface area (Å²) in [6, 6.07) is 3.91. The molecule has 0 saturated carbocycles. The molecule has 6 heteroatoms. The van der Waals surface area contributed by atoms with Crippen LogP contribution in [-0.2, 0) is 9.53 Å². The minimum Gasteiger partial charge on any atom is -0.450 e. The van der Waals surface area contributed by atoms with Crippen molar-refractivity contribution >= 4 is 17.7 Å². The fourth-order valence-electron chi connectivity index (χ4n) is 3.59. The van der Waals surface area contributed by atoms with Crippen molar-refractivity contribution in [1.29, 1.82) is 0 Å². The van der Waals surface area contributed by atoms with Gasteiger partial charge in [0.05, 0.1) is 12.6 Å². The van der Waals surface area contributed by atoms with Gasteiger partial charge in [-0.1, -0.05) is 17.7 Å². The van der Waals surface area contributed by atoms with Crippen LogP contribution in [0.5, 0.6) is 0 Å². The van der Waals surface area contributed by atoms with Crippen molar-refractivity contribution in [3.05, 3.63) is 28.8 Å². The van der Waals surface area contributed by atoms with E-state index in [0.29, 0.717) is 13.2 Å². The lowest BCUT2D eigenvalue weighted by atomic mass is 10.0. The number of nitrogens with one attached hydrogen (secondary N) is 2. The number of aryl methyl sites for hydroxylation is 3. The van der Waals surface area contributed by atoms with Gasteiger partial charge in [0.1, 0.15) is 0 Å². The van der Waals surface area contributed by atoms with E-state index >= 15 is 0 Å². The number of likely N-dealkylation sites (tertiary alicyclic amines) is 1. The van der Waals surface area contributed by atoms with Crippen molar-refractivity contribution in [2.75, 3.05) is 25.0 Å². The van der Waals surface area contributed by atoms with E-state index in [-0.39, 0.29) is 24.1 Å². The van der Waals surface area contributed by atoms with Crippen LogP contribution in [-0.4, -0.2) is 48.7 Å². The molecular weight excluding hydrogens is 330 g/mol. The number of carbonyl (C=O) groups excluding carboxylic acids is 2. The number of ether oxygens (including phenoxy) is 1. The van der Waals surface area contributed by atoms with E-state index < -0.39 is 0 Å². The number of alkyl carbamates (subject to hydrolysis) is 1. The summed E-state index contributed by atoms with van der Waals surface area (Å²) in [7, 11) is 0. The lowest BCUT2D eigenvalue weighted by molar-refractivity contribution is -0.121. The molecule has 6 nitrogen and oxygen atoms in total. The third kappa shape index (κ3) is 5.21. The number of anilines is 1. The molecule has 0 bridgehead atoms. The number of nitrogens with zero attached hydrogens (tertiary/aromatic N) is 1. The van der Waals surface area contributed by atoms with Gasteiger partial charge in [-0.2, -0.15) is 0 Å². The van der Waals surface area contributed by atoms with Crippen LogP contribution in [0.3, 0.4) is 0 Å². The van der Waals surface area contributed by atoms with Crippen LogP contribution in [0.2, 0.25) is 0 Å². The van der Waals surface area contributed by atoms with Gasteiger partial charge in [0.25, 0.3) is 0 Å². The van der Waals surface area contributed by atoms with Gasteiger partial charge >= 0.3 is 6.09 Å². The second-order valence-corrected chi connectivity index (χ2v) is 7.14.